The molecular weight excluding hydrogens is 170 g/mol. The number of thioether (sulfide) groups is 1. The van der Waals surface area contributed by atoms with Crippen LogP contribution in [0.3, 0.4) is 0 Å². The largest absolute Gasteiger partial charge is 0.287 e. The van der Waals surface area contributed by atoms with Crippen LogP contribution in [0.15, 0.2) is 0 Å². The molecule has 1 atom stereocenters. The van der Waals surface area contributed by atoms with Crippen LogP contribution in [0.5, 0.6) is 0 Å². The Kier molecular flexibility index (Phi) is 5.00. The minimum absolute atomic E-state index is 0.0233. The highest BCUT2D eigenvalue weighted by molar-refractivity contribution is 8.14. The molecular formula is C9H15NOS. The lowest BCUT2D eigenvalue weighted by Gasteiger charge is -2.17. The van der Waals surface area contributed by atoms with E-state index in [1.165, 1.54) is 6.92 Å². The van der Waals surface area contributed by atoms with Crippen LogP contribution in [0, 0.1) is 11.3 Å². The minimum atomic E-state index is -0.512. The Labute approximate surface area is 78.3 Å². The Morgan fingerprint density at radius 3 is 2.58 bits per heavy atom. The van der Waals surface area contributed by atoms with Crippen LogP contribution in [0.25, 0.3) is 0 Å². The van der Waals surface area contributed by atoms with Gasteiger partial charge >= 0.3 is 0 Å². The van der Waals surface area contributed by atoms with Gasteiger partial charge in [0.2, 0.25) is 0 Å². The van der Waals surface area contributed by atoms with Crippen LogP contribution >= 0.6 is 11.8 Å². The molecule has 0 aromatic carbocycles. The van der Waals surface area contributed by atoms with Gasteiger partial charge in [0.05, 0.1) is 6.07 Å². The van der Waals surface area contributed by atoms with Crippen molar-refractivity contribution in [3.63, 3.8) is 0 Å². The van der Waals surface area contributed by atoms with Gasteiger partial charge in [0.15, 0.2) is 5.12 Å². The van der Waals surface area contributed by atoms with Crippen LogP contribution in [-0.2, 0) is 4.79 Å². The fraction of sp³-hybridized carbons (Fsp3) is 0.778. The zero-order chi connectivity index (χ0) is 9.61. The highest BCUT2D eigenvalue weighted by Gasteiger charge is 2.25. The molecule has 0 saturated heterocycles. The summed E-state index contributed by atoms with van der Waals surface area (Å²) in [5.41, 5.74) is 0. The van der Waals surface area contributed by atoms with E-state index in [0.29, 0.717) is 0 Å². The summed E-state index contributed by atoms with van der Waals surface area (Å²) in [6.07, 6.45) is 2.87. The van der Waals surface area contributed by atoms with Gasteiger partial charge in [0.25, 0.3) is 0 Å². The van der Waals surface area contributed by atoms with Crippen molar-refractivity contribution in [1.82, 2.24) is 0 Å². The van der Waals surface area contributed by atoms with Gasteiger partial charge in [-0.25, -0.2) is 0 Å². The Morgan fingerprint density at radius 1 is 1.67 bits per heavy atom. The predicted molar refractivity (Wildman–Crippen MR) is 51.8 cm³/mol. The number of rotatable bonds is 4. The predicted octanol–water partition coefficient (Wildman–Crippen LogP) is 2.74. The summed E-state index contributed by atoms with van der Waals surface area (Å²) >= 11 is 1.14. The molecule has 0 bridgehead atoms. The molecule has 3 heteroatoms. The van der Waals surface area contributed by atoms with Crippen LogP contribution in [0.4, 0.5) is 0 Å². The van der Waals surface area contributed by atoms with Crippen molar-refractivity contribution < 1.29 is 4.79 Å². The molecule has 12 heavy (non-hydrogen) atoms. The first-order valence-corrected chi connectivity index (χ1v) is 4.96. The quantitative estimate of drug-likeness (QED) is 0.676. The first-order valence-electron chi connectivity index (χ1n) is 4.15. The van der Waals surface area contributed by atoms with E-state index >= 15 is 0 Å². The van der Waals surface area contributed by atoms with Gasteiger partial charge in [-0.05, 0) is 13.3 Å². The SMILES string of the molecule is CCCC[C@@](C)(C#N)SC(C)=O. The molecule has 0 rings (SSSR count). The average Bonchev–Trinajstić information content (AvgIpc) is 2.00. The van der Waals surface area contributed by atoms with Crippen molar-refractivity contribution in [1.29, 1.82) is 5.26 Å². The monoisotopic (exact) mass is 185 g/mol. The van der Waals surface area contributed by atoms with Crippen LogP contribution in [-0.4, -0.2) is 9.86 Å². The topological polar surface area (TPSA) is 40.9 Å². The van der Waals surface area contributed by atoms with Crippen LogP contribution < -0.4 is 0 Å². The molecule has 0 aliphatic carbocycles. The van der Waals surface area contributed by atoms with E-state index in [4.69, 9.17) is 5.26 Å². The van der Waals surface area contributed by atoms with Crippen molar-refractivity contribution in [3.8, 4) is 6.07 Å². The van der Waals surface area contributed by atoms with Gasteiger partial charge in [-0.15, -0.1) is 0 Å². The second kappa shape index (κ2) is 5.21. The fourth-order valence-electron chi connectivity index (χ4n) is 0.961. The van der Waals surface area contributed by atoms with Crippen molar-refractivity contribution in [3.05, 3.63) is 0 Å². The first-order chi connectivity index (χ1) is 5.54. The average molecular weight is 185 g/mol. The zero-order valence-corrected chi connectivity index (χ0v) is 8.70. The molecule has 0 aromatic rings. The number of hydrogen-bond acceptors (Lipinski definition) is 3. The maximum atomic E-state index is 10.8. The summed E-state index contributed by atoms with van der Waals surface area (Å²) in [4.78, 5) is 10.8. The molecule has 0 N–H and O–H groups in total. The minimum Gasteiger partial charge on any atom is -0.287 e. The first kappa shape index (κ1) is 11.5. The van der Waals surface area contributed by atoms with Crippen molar-refractivity contribution in [2.24, 2.45) is 0 Å². The van der Waals surface area contributed by atoms with E-state index in [2.05, 4.69) is 13.0 Å². The third kappa shape index (κ3) is 4.40. The molecule has 68 valence electrons. The second-order valence-corrected chi connectivity index (χ2v) is 4.72. The number of carbonyl (C=O) groups is 1. The van der Waals surface area contributed by atoms with Gasteiger partial charge in [0, 0.05) is 6.92 Å². The molecule has 0 saturated carbocycles. The molecule has 0 aliphatic rings. The molecule has 0 unspecified atom stereocenters. The van der Waals surface area contributed by atoms with E-state index < -0.39 is 4.75 Å². The number of unbranched alkanes of at least 4 members (excludes halogenated alkanes) is 1. The Bertz CT molecular complexity index is 197. The molecule has 0 spiro atoms. The van der Waals surface area contributed by atoms with E-state index in [9.17, 15) is 4.79 Å². The third-order valence-electron chi connectivity index (χ3n) is 1.61. The highest BCUT2D eigenvalue weighted by Crippen LogP contribution is 2.30. The van der Waals surface area contributed by atoms with Gasteiger partial charge in [0.1, 0.15) is 4.75 Å². The highest BCUT2D eigenvalue weighted by atomic mass is 32.2. The lowest BCUT2D eigenvalue weighted by Crippen LogP contribution is -2.18. The van der Waals surface area contributed by atoms with E-state index in [1.54, 1.807) is 0 Å². The van der Waals surface area contributed by atoms with Gasteiger partial charge in [-0.3, -0.25) is 4.79 Å². The summed E-state index contributed by atoms with van der Waals surface area (Å²) < 4.78 is -0.512. The van der Waals surface area contributed by atoms with Crippen molar-refractivity contribution >= 4 is 16.9 Å². The maximum Gasteiger partial charge on any atom is 0.187 e. The van der Waals surface area contributed by atoms with Crippen molar-refractivity contribution in [2.75, 3.05) is 0 Å². The van der Waals surface area contributed by atoms with Gasteiger partial charge < -0.3 is 0 Å². The number of hydrogen-bond donors (Lipinski definition) is 0. The summed E-state index contributed by atoms with van der Waals surface area (Å²) in [6.45, 7) is 5.41. The second-order valence-electron chi connectivity index (χ2n) is 3.04. The smallest absolute Gasteiger partial charge is 0.187 e. The van der Waals surface area contributed by atoms with E-state index in [-0.39, 0.29) is 5.12 Å². The molecule has 0 aliphatic heterocycles. The van der Waals surface area contributed by atoms with E-state index in [0.717, 1.165) is 31.0 Å². The Balaban J connectivity index is 4.07. The fourth-order valence-corrected chi connectivity index (χ4v) is 1.89. The summed E-state index contributed by atoms with van der Waals surface area (Å²) in [5, 5.41) is 8.86. The Morgan fingerprint density at radius 2 is 2.25 bits per heavy atom. The summed E-state index contributed by atoms with van der Waals surface area (Å²) in [6, 6.07) is 2.19. The van der Waals surface area contributed by atoms with Crippen LogP contribution in [0.1, 0.15) is 40.0 Å². The standard InChI is InChI=1S/C9H15NOS/c1-4-5-6-9(3,7-10)12-8(2)11/h4-6H2,1-3H3/t9-/m0/s1. The number of nitrogens with zero attached hydrogens (tertiary/aromatic N) is 1. The molecule has 0 amide bonds. The lowest BCUT2D eigenvalue weighted by molar-refractivity contribution is -0.109. The molecule has 0 heterocycles. The molecule has 0 fully saturated rings. The Hall–Kier alpha value is -0.490. The van der Waals surface area contributed by atoms with Gasteiger partial charge in [-0.1, -0.05) is 31.5 Å². The maximum absolute atomic E-state index is 10.8. The van der Waals surface area contributed by atoms with Crippen LogP contribution in [0.2, 0.25) is 0 Å². The summed E-state index contributed by atoms with van der Waals surface area (Å²) in [7, 11) is 0. The van der Waals surface area contributed by atoms with E-state index in [1.807, 2.05) is 6.92 Å². The van der Waals surface area contributed by atoms with Crippen molar-refractivity contribution in [2.45, 2.75) is 44.8 Å². The number of nitriles is 1. The zero-order valence-electron chi connectivity index (χ0n) is 7.89. The molecule has 0 radical (unpaired) electrons. The third-order valence-corrected chi connectivity index (χ3v) is 2.65. The number of carbonyl (C=O) groups excluding carboxylic acids is 1. The summed E-state index contributed by atoms with van der Waals surface area (Å²) in [5.74, 6) is 0. The molecule has 2 nitrogen and oxygen atoms in total. The normalized spacial score (nSPS) is 14.8. The molecule has 0 aromatic heterocycles. The lowest BCUT2D eigenvalue weighted by atomic mass is 10.1. The van der Waals surface area contributed by atoms with Gasteiger partial charge in [-0.2, -0.15) is 5.26 Å².